The predicted molar refractivity (Wildman–Crippen MR) is 85.6 cm³/mol. The van der Waals surface area contributed by atoms with Gasteiger partial charge < -0.3 is 5.11 Å². The Bertz CT molecular complexity index is 552. The van der Waals surface area contributed by atoms with E-state index in [2.05, 4.69) is 24.3 Å². The van der Waals surface area contributed by atoms with Crippen molar-refractivity contribution >= 4 is 28.6 Å². The summed E-state index contributed by atoms with van der Waals surface area (Å²) < 4.78 is -0.332. The van der Waals surface area contributed by atoms with E-state index in [0.29, 0.717) is 6.42 Å². The number of carboxylic acids is 1. The molecule has 0 spiro atoms. The zero-order chi connectivity index (χ0) is 13.7. The lowest BCUT2D eigenvalue weighted by Gasteiger charge is -2.10. The molecule has 1 unspecified atom stereocenters. The fraction of sp³-hybridized carbons (Fsp3) is 0.188. The fourth-order valence-electron chi connectivity index (χ4n) is 2.04. The van der Waals surface area contributed by atoms with Crippen LogP contribution in [0, 0.1) is 0 Å². The van der Waals surface area contributed by atoms with E-state index >= 15 is 0 Å². The van der Waals surface area contributed by atoms with Gasteiger partial charge in [0.25, 0.3) is 0 Å². The van der Waals surface area contributed by atoms with Crippen molar-refractivity contribution in [1.82, 2.24) is 0 Å². The van der Waals surface area contributed by atoms with Gasteiger partial charge in [-0.3, -0.25) is 4.79 Å². The van der Waals surface area contributed by atoms with Gasteiger partial charge in [-0.25, -0.2) is 0 Å². The zero-order valence-corrected chi connectivity index (χ0v) is 12.6. The summed E-state index contributed by atoms with van der Waals surface area (Å²) in [4.78, 5) is 10.9. The van der Waals surface area contributed by atoms with Crippen LogP contribution in [0.4, 0.5) is 0 Å². The van der Waals surface area contributed by atoms with Gasteiger partial charge in [-0.15, -0.1) is 0 Å². The molecule has 0 aliphatic carbocycles. The van der Waals surface area contributed by atoms with E-state index in [1.165, 1.54) is 16.7 Å². The standard InChI is InChI=1S/C16H15IO2/c17-15(16(18)19)11-10-13-8-4-5-9-14(13)12-6-2-1-3-7-12/h1-9,15H,10-11H2,(H,18,19). The highest BCUT2D eigenvalue weighted by molar-refractivity contribution is 14.1. The molecule has 2 aromatic rings. The minimum atomic E-state index is -0.738. The number of aliphatic carboxylic acids is 1. The van der Waals surface area contributed by atoms with Crippen LogP contribution in [0.2, 0.25) is 0 Å². The molecule has 0 aliphatic heterocycles. The zero-order valence-electron chi connectivity index (χ0n) is 10.4. The van der Waals surface area contributed by atoms with E-state index < -0.39 is 5.97 Å². The molecule has 98 valence electrons. The van der Waals surface area contributed by atoms with Crippen molar-refractivity contribution in [3.05, 3.63) is 60.2 Å². The van der Waals surface area contributed by atoms with Crippen molar-refractivity contribution < 1.29 is 9.90 Å². The Kier molecular flexibility index (Phi) is 4.96. The van der Waals surface area contributed by atoms with Crippen LogP contribution in [-0.2, 0) is 11.2 Å². The average Bonchev–Trinajstić information content (AvgIpc) is 2.46. The minimum absolute atomic E-state index is 0.332. The van der Waals surface area contributed by atoms with Gasteiger partial charge in [0.15, 0.2) is 0 Å². The van der Waals surface area contributed by atoms with Crippen molar-refractivity contribution in [2.24, 2.45) is 0 Å². The first-order valence-electron chi connectivity index (χ1n) is 6.18. The molecule has 0 heterocycles. The number of aryl methyl sites for hydroxylation is 1. The predicted octanol–water partition coefficient (Wildman–Crippen LogP) is 4.17. The summed E-state index contributed by atoms with van der Waals surface area (Å²) in [6.07, 6.45) is 1.44. The summed E-state index contributed by atoms with van der Waals surface area (Å²) in [5.74, 6) is -0.738. The number of hydrogen-bond acceptors (Lipinski definition) is 1. The van der Waals surface area contributed by atoms with Gasteiger partial charge >= 0.3 is 5.97 Å². The molecule has 2 rings (SSSR count). The normalized spacial score (nSPS) is 12.1. The van der Waals surface area contributed by atoms with Crippen LogP contribution in [0.5, 0.6) is 0 Å². The topological polar surface area (TPSA) is 37.3 Å². The summed E-state index contributed by atoms with van der Waals surface area (Å²) in [6, 6.07) is 18.4. The third kappa shape index (κ3) is 3.80. The highest BCUT2D eigenvalue weighted by Crippen LogP contribution is 2.25. The van der Waals surface area contributed by atoms with Gasteiger partial charge in [0.2, 0.25) is 0 Å². The van der Waals surface area contributed by atoms with E-state index in [1.807, 2.05) is 52.9 Å². The monoisotopic (exact) mass is 366 g/mol. The molecule has 0 saturated carbocycles. The number of carbonyl (C=O) groups is 1. The van der Waals surface area contributed by atoms with Crippen molar-refractivity contribution in [1.29, 1.82) is 0 Å². The highest BCUT2D eigenvalue weighted by Gasteiger charge is 2.13. The van der Waals surface area contributed by atoms with Crippen LogP contribution in [0.15, 0.2) is 54.6 Å². The maximum atomic E-state index is 10.9. The Morgan fingerprint density at radius 3 is 2.37 bits per heavy atom. The lowest BCUT2D eigenvalue weighted by atomic mass is 9.96. The van der Waals surface area contributed by atoms with E-state index in [9.17, 15) is 4.79 Å². The highest BCUT2D eigenvalue weighted by atomic mass is 127. The average molecular weight is 366 g/mol. The maximum absolute atomic E-state index is 10.9. The first kappa shape index (κ1) is 14.1. The SMILES string of the molecule is O=C(O)C(I)CCc1ccccc1-c1ccccc1. The van der Waals surface area contributed by atoms with Crippen molar-refractivity contribution in [2.45, 2.75) is 16.8 Å². The van der Waals surface area contributed by atoms with Crippen LogP contribution < -0.4 is 0 Å². The lowest BCUT2D eigenvalue weighted by Crippen LogP contribution is -2.13. The first-order valence-corrected chi connectivity index (χ1v) is 7.43. The molecule has 0 aliphatic rings. The molecule has 1 N–H and O–H groups in total. The van der Waals surface area contributed by atoms with Crippen LogP contribution in [0.3, 0.4) is 0 Å². The minimum Gasteiger partial charge on any atom is -0.480 e. The van der Waals surface area contributed by atoms with Gasteiger partial charge in [-0.05, 0) is 29.5 Å². The van der Waals surface area contributed by atoms with Crippen molar-refractivity contribution in [3.8, 4) is 11.1 Å². The van der Waals surface area contributed by atoms with E-state index in [4.69, 9.17) is 5.11 Å². The molecule has 0 amide bonds. The number of halogens is 1. The smallest absolute Gasteiger partial charge is 0.316 e. The molecule has 19 heavy (non-hydrogen) atoms. The summed E-state index contributed by atoms with van der Waals surface area (Å²) in [5, 5.41) is 8.94. The summed E-state index contributed by atoms with van der Waals surface area (Å²) in [5.41, 5.74) is 3.58. The largest absolute Gasteiger partial charge is 0.480 e. The van der Waals surface area contributed by atoms with Crippen LogP contribution in [0.1, 0.15) is 12.0 Å². The number of benzene rings is 2. The quantitative estimate of drug-likeness (QED) is 0.637. The van der Waals surface area contributed by atoms with Crippen LogP contribution in [0.25, 0.3) is 11.1 Å². The third-order valence-corrected chi connectivity index (χ3v) is 4.19. The van der Waals surface area contributed by atoms with Crippen molar-refractivity contribution in [2.75, 3.05) is 0 Å². The second-order valence-corrected chi connectivity index (χ2v) is 5.87. The lowest BCUT2D eigenvalue weighted by molar-refractivity contribution is -0.136. The van der Waals surface area contributed by atoms with Gasteiger partial charge in [-0.2, -0.15) is 0 Å². The second kappa shape index (κ2) is 6.70. The van der Waals surface area contributed by atoms with E-state index in [-0.39, 0.29) is 3.92 Å². The van der Waals surface area contributed by atoms with Gasteiger partial charge in [0.05, 0.1) is 0 Å². The van der Waals surface area contributed by atoms with Gasteiger partial charge in [0, 0.05) is 0 Å². The summed E-state index contributed by atoms with van der Waals surface area (Å²) in [6.45, 7) is 0. The van der Waals surface area contributed by atoms with Gasteiger partial charge in [-0.1, -0.05) is 77.2 Å². The molecule has 3 heteroatoms. The molecule has 0 radical (unpaired) electrons. The molecule has 2 aromatic carbocycles. The fourth-order valence-corrected chi connectivity index (χ4v) is 2.35. The van der Waals surface area contributed by atoms with Crippen LogP contribution in [-0.4, -0.2) is 15.0 Å². The van der Waals surface area contributed by atoms with Crippen molar-refractivity contribution in [3.63, 3.8) is 0 Å². The molecule has 0 bridgehead atoms. The Labute approximate surface area is 126 Å². The number of alkyl halides is 1. The molecule has 0 fully saturated rings. The Hall–Kier alpha value is -1.36. The Balaban J connectivity index is 2.20. The molecular formula is C16H15IO2. The first-order chi connectivity index (χ1) is 9.18. The van der Waals surface area contributed by atoms with Crippen LogP contribution >= 0.6 is 22.6 Å². The Morgan fingerprint density at radius 1 is 1.05 bits per heavy atom. The number of carboxylic acid groups (broad SMARTS) is 1. The van der Waals surface area contributed by atoms with E-state index in [1.54, 1.807) is 0 Å². The number of hydrogen-bond donors (Lipinski definition) is 1. The van der Waals surface area contributed by atoms with E-state index in [0.717, 1.165) is 6.42 Å². The second-order valence-electron chi connectivity index (χ2n) is 4.37. The molecule has 2 nitrogen and oxygen atoms in total. The summed E-state index contributed by atoms with van der Waals surface area (Å²) >= 11 is 1.99. The molecule has 1 atom stereocenters. The molecule has 0 saturated heterocycles. The number of rotatable bonds is 5. The molecular weight excluding hydrogens is 351 g/mol. The molecule has 0 aromatic heterocycles. The Morgan fingerprint density at radius 2 is 1.68 bits per heavy atom. The third-order valence-electron chi connectivity index (χ3n) is 3.04. The van der Waals surface area contributed by atoms with Gasteiger partial charge in [0.1, 0.15) is 3.92 Å². The maximum Gasteiger partial charge on any atom is 0.316 e. The summed E-state index contributed by atoms with van der Waals surface area (Å²) in [7, 11) is 0.